The third kappa shape index (κ3) is 5.25. The van der Waals surface area contributed by atoms with E-state index in [0.717, 1.165) is 43.9 Å². The fourth-order valence-corrected chi connectivity index (χ4v) is 3.42. The molecule has 2 aromatic rings. The van der Waals surface area contributed by atoms with Crippen molar-refractivity contribution in [2.75, 3.05) is 33.6 Å². The van der Waals surface area contributed by atoms with Crippen molar-refractivity contribution in [2.45, 2.75) is 12.3 Å². The highest BCUT2D eigenvalue weighted by molar-refractivity contribution is 5.85. The van der Waals surface area contributed by atoms with E-state index < -0.39 is 0 Å². The van der Waals surface area contributed by atoms with Crippen molar-refractivity contribution in [3.8, 4) is 17.2 Å². The molecule has 5 nitrogen and oxygen atoms in total. The molecule has 0 spiro atoms. The van der Waals surface area contributed by atoms with Crippen LogP contribution in [-0.2, 0) is 0 Å². The highest BCUT2D eigenvalue weighted by Crippen LogP contribution is 2.36. The summed E-state index contributed by atoms with van der Waals surface area (Å²) < 4.78 is 29.9. The summed E-state index contributed by atoms with van der Waals surface area (Å²) in [7, 11) is 1.00. The molecule has 2 heterocycles. The number of piperidine rings is 1. The van der Waals surface area contributed by atoms with Crippen molar-refractivity contribution in [1.82, 2.24) is 5.32 Å². The van der Waals surface area contributed by atoms with Gasteiger partial charge in [-0.25, -0.2) is 4.39 Å². The predicted octanol–water partition coefficient (Wildman–Crippen LogP) is 3.36. The first-order valence-corrected chi connectivity index (χ1v) is 8.73. The number of hydrogen-bond donors (Lipinski definition) is 2. The minimum Gasteiger partial charge on any atom is -0.493 e. The second-order valence-corrected chi connectivity index (χ2v) is 6.24. The van der Waals surface area contributed by atoms with Gasteiger partial charge in [0.1, 0.15) is 11.6 Å². The molecular weight excluding hydrogens is 373 g/mol. The molecule has 0 radical (unpaired) electrons. The molecule has 0 unspecified atom stereocenters. The zero-order chi connectivity index (χ0) is 18.4. The first kappa shape index (κ1) is 21.3. The van der Waals surface area contributed by atoms with Crippen LogP contribution in [0.1, 0.15) is 17.9 Å². The lowest BCUT2D eigenvalue weighted by molar-refractivity contribution is 0.173. The van der Waals surface area contributed by atoms with Gasteiger partial charge in [-0.05, 0) is 48.7 Å². The monoisotopic (exact) mass is 397 g/mol. The predicted molar refractivity (Wildman–Crippen MR) is 104 cm³/mol. The van der Waals surface area contributed by atoms with E-state index >= 15 is 0 Å². The van der Waals surface area contributed by atoms with Crippen LogP contribution < -0.4 is 19.5 Å². The second kappa shape index (κ2) is 10.3. The van der Waals surface area contributed by atoms with Gasteiger partial charge >= 0.3 is 0 Å². The van der Waals surface area contributed by atoms with Gasteiger partial charge in [0.25, 0.3) is 0 Å². The van der Waals surface area contributed by atoms with Crippen molar-refractivity contribution in [3.05, 3.63) is 53.8 Å². The van der Waals surface area contributed by atoms with Gasteiger partial charge in [-0.1, -0.05) is 12.1 Å². The Bertz CT molecular complexity index is 714. The van der Waals surface area contributed by atoms with Crippen LogP contribution in [0.5, 0.6) is 17.2 Å². The summed E-state index contributed by atoms with van der Waals surface area (Å²) in [6, 6.07) is 12.5. The van der Waals surface area contributed by atoms with E-state index in [2.05, 4.69) is 5.32 Å². The lowest BCUT2D eigenvalue weighted by atomic mass is 9.81. The van der Waals surface area contributed by atoms with E-state index in [-0.39, 0.29) is 25.0 Å². The molecule has 4 rings (SSSR count). The molecule has 2 N–H and O–H groups in total. The van der Waals surface area contributed by atoms with Crippen molar-refractivity contribution in [3.63, 3.8) is 0 Å². The van der Waals surface area contributed by atoms with Crippen LogP contribution in [-0.4, -0.2) is 38.7 Å². The van der Waals surface area contributed by atoms with Gasteiger partial charge in [0.15, 0.2) is 11.5 Å². The molecule has 148 valence electrons. The largest absolute Gasteiger partial charge is 0.493 e. The Morgan fingerprint density at radius 2 is 1.85 bits per heavy atom. The first-order valence-electron chi connectivity index (χ1n) is 8.73. The molecule has 0 aromatic heterocycles. The molecule has 2 aliphatic heterocycles. The molecule has 1 saturated heterocycles. The van der Waals surface area contributed by atoms with Crippen molar-refractivity contribution < 1.29 is 23.7 Å². The van der Waals surface area contributed by atoms with Crippen LogP contribution in [0.3, 0.4) is 0 Å². The van der Waals surface area contributed by atoms with Crippen LogP contribution in [0.15, 0.2) is 42.5 Å². The van der Waals surface area contributed by atoms with Gasteiger partial charge in [0.05, 0.1) is 6.61 Å². The van der Waals surface area contributed by atoms with Crippen molar-refractivity contribution >= 4 is 12.4 Å². The lowest BCUT2D eigenvalue weighted by Gasteiger charge is -2.32. The fourth-order valence-electron chi connectivity index (χ4n) is 3.42. The highest BCUT2D eigenvalue weighted by atomic mass is 35.5. The third-order valence-corrected chi connectivity index (χ3v) is 4.71. The number of ether oxygens (including phenoxy) is 3. The van der Waals surface area contributed by atoms with Gasteiger partial charge in [0, 0.05) is 25.6 Å². The molecular formula is C20H25ClFNO4. The Hall–Kier alpha value is -2.02. The standard InChI is InChI=1S/C19H20FNO3.CH4O.ClH/c20-15-3-1-13(2-4-15)17-7-8-21-10-14(17)11-22-16-5-6-18-19(9-16)24-12-23-18;1-2;/h1-6,9,14,17,21H,7-8,10-12H2;2H,1H3;1H/t14-,17-;;/m0../s1. The van der Waals surface area contributed by atoms with Gasteiger partial charge in [-0.2, -0.15) is 0 Å². The van der Waals surface area contributed by atoms with E-state index in [1.165, 1.54) is 17.7 Å². The Labute approximate surface area is 164 Å². The summed E-state index contributed by atoms with van der Waals surface area (Å²) in [6.45, 7) is 2.74. The zero-order valence-electron chi connectivity index (χ0n) is 15.2. The lowest BCUT2D eigenvalue weighted by Crippen LogP contribution is -2.38. The Kier molecular flexibility index (Phi) is 8.16. The molecule has 2 aromatic carbocycles. The van der Waals surface area contributed by atoms with Crippen LogP contribution in [0.25, 0.3) is 0 Å². The van der Waals surface area contributed by atoms with Gasteiger partial charge in [-0.3, -0.25) is 0 Å². The normalized spacial score (nSPS) is 20.1. The van der Waals surface area contributed by atoms with Crippen LogP contribution in [0.2, 0.25) is 0 Å². The maximum atomic E-state index is 13.2. The van der Waals surface area contributed by atoms with Crippen LogP contribution in [0.4, 0.5) is 4.39 Å². The number of aliphatic hydroxyl groups is 1. The minimum atomic E-state index is -0.194. The molecule has 7 heteroatoms. The number of fused-ring (bicyclic) bond motifs is 1. The van der Waals surface area contributed by atoms with Crippen molar-refractivity contribution in [2.24, 2.45) is 5.92 Å². The highest BCUT2D eigenvalue weighted by Gasteiger charge is 2.27. The number of halogens is 2. The minimum absolute atomic E-state index is 0. The maximum absolute atomic E-state index is 13.2. The summed E-state index contributed by atoms with van der Waals surface area (Å²) in [5.74, 6) is 2.79. The summed E-state index contributed by atoms with van der Waals surface area (Å²) in [5, 5.41) is 10.4. The topological polar surface area (TPSA) is 60.0 Å². The number of aliphatic hydroxyl groups excluding tert-OH is 1. The Balaban J connectivity index is 0.000000844. The van der Waals surface area contributed by atoms with Gasteiger partial charge in [0.2, 0.25) is 6.79 Å². The summed E-state index contributed by atoms with van der Waals surface area (Å²) in [5.41, 5.74) is 1.18. The number of hydrogen-bond acceptors (Lipinski definition) is 5. The molecule has 0 amide bonds. The van der Waals surface area contributed by atoms with Crippen LogP contribution >= 0.6 is 12.4 Å². The summed E-state index contributed by atoms with van der Waals surface area (Å²) in [4.78, 5) is 0. The van der Waals surface area contributed by atoms with Crippen LogP contribution in [0, 0.1) is 11.7 Å². The van der Waals surface area contributed by atoms with E-state index in [4.69, 9.17) is 19.3 Å². The number of benzene rings is 2. The quantitative estimate of drug-likeness (QED) is 0.828. The number of nitrogens with one attached hydrogen (secondary N) is 1. The maximum Gasteiger partial charge on any atom is 0.231 e. The first-order chi connectivity index (χ1) is 12.8. The molecule has 27 heavy (non-hydrogen) atoms. The van der Waals surface area contributed by atoms with Gasteiger partial charge in [-0.15, -0.1) is 12.4 Å². The van der Waals surface area contributed by atoms with E-state index in [9.17, 15) is 4.39 Å². The van der Waals surface area contributed by atoms with E-state index in [1.807, 2.05) is 30.3 Å². The zero-order valence-corrected chi connectivity index (χ0v) is 16.0. The van der Waals surface area contributed by atoms with E-state index in [0.29, 0.717) is 18.4 Å². The summed E-state index contributed by atoms with van der Waals surface area (Å²) >= 11 is 0. The second-order valence-electron chi connectivity index (χ2n) is 6.24. The van der Waals surface area contributed by atoms with Crippen molar-refractivity contribution in [1.29, 1.82) is 0 Å². The molecule has 0 saturated carbocycles. The molecule has 2 atom stereocenters. The SMILES string of the molecule is CO.Cl.Fc1ccc([C@@H]2CCNC[C@H]2COc2ccc3c(c2)OCO3)cc1. The molecule has 0 bridgehead atoms. The average molecular weight is 398 g/mol. The molecule has 0 aliphatic carbocycles. The Morgan fingerprint density at radius 3 is 2.63 bits per heavy atom. The molecule has 1 fully saturated rings. The number of rotatable bonds is 4. The average Bonchev–Trinajstić information content (AvgIpc) is 3.17. The summed E-state index contributed by atoms with van der Waals surface area (Å²) in [6.07, 6.45) is 1.03. The smallest absolute Gasteiger partial charge is 0.231 e. The van der Waals surface area contributed by atoms with E-state index in [1.54, 1.807) is 0 Å². The fraction of sp³-hybridized carbons (Fsp3) is 0.400. The molecule has 2 aliphatic rings. The third-order valence-electron chi connectivity index (χ3n) is 4.71. The Morgan fingerprint density at radius 1 is 1.11 bits per heavy atom. The van der Waals surface area contributed by atoms with Gasteiger partial charge < -0.3 is 24.6 Å².